The van der Waals surface area contributed by atoms with E-state index in [4.69, 9.17) is 20.1 Å². The van der Waals surface area contributed by atoms with Crippen LogP contribution in [-0.2, 0) is 14.3 Å². The van der Waals surface area contributed by atoms with Gasteiger partial charge in [0.05, 0.1) is 31.7 Å². The highest BCUT2D eigenvalue weighted by molar-refractivity contribution is 5.74. The van der Waals surface area contributed by atoms with E-state index in [1.807, 2.05) is 0 Å². The molecule has 0 radical (unpaired) electrons. The van der Waals surface area contributed by atoms with Gasteiger partial charge in [0.15, 0.2) is 0 Å². The lowest BCUT2D eigenvalue weighted by Gasteiger charge is -2.24. The Morgan fingerprint density at radius 3 is 1.75 bits per heavy atom. The van der Waals surface area contributed by atoms with E-state index >= 15 is 0 Å². The lowest BCUT2D eigenvalue weighted by atomic mass is 9.82. The van der Waals surface area contributed by atoms with Crippen LogP contribution in [0.25, 0.3) is 0 Å². The van der Waals surface area contributed by atoms with Crippen LogP contribution in [0.2, 0.25) is 0 Å². The van der Waals surface area contributed by atoms with Crippen LogP contribution in [0.5, 0.6) is 0 Å². The molecule has 0 heterocycles. The lowest BCUT2D eigenvalue weighted by Crippen LogP contribution is -2.27. The van der Waals surface area contributed by atoms with Crippen LogP contribution in [0.15, 0.2) is 0 Å². The van der Waals surface area contributed by atoms with Gasteiger partial charge in [0.25, 0.3) is 0 Å². The molecule has 1 fully saturated rings. The van der Waals surface area contributed by atoms with Gasteiger partial charge in [-0.05, 0) is 38.0 Å². The van der Waals surface area contributed by atoms with Crippen LogP contribution in [0.4, 0.5) is 0 Å². The van der Waals surface area contributed by atoms with Crippen molar-refractivity contribution in [2.75, 3.05) is 19.8 Å². The SMILES string of the molecule is CC(C)CCCCCCCCCOC(=O)C1CCC(C(=O)O)CC1.OCCO. The van der Waals surface area contributed by atoms with E-state index in [9.17, 15) is 9.59 Å². The van der Waals surface area contributed by atoms with Crippen molar-refractivity contribution in [3.63, 3.8) is 0 Å². The molecule has 6 nitrogen and oxygen atoms in total. The summed E-state index contributed by atoms with van der Waals surface area (Å²) in [5.41, 5.74) is 0. The van der Waals surface area contributed by atoms with Gasteiger partial charge in [-0.3, -0.25) is 9.59 Å². The molecule has 0 bridgehead atoms. The number of hydrogen-bond donors (Lipinski definition) is 3. The third-order valence-electron chi connectivity index (χ3n) is 5.18. The first-order chi connectivity index (χ1) is 13.4. The molecule has 0 unspecified atom stereocenters. The number of hydrogen-bond acceptors (Lipinski definition) is 5. The Morgan fingerprint density at radius 2 is 1.29 bits per heavy atom. The molecule has 3 N–H and O–H groups in total. The molecule has 6 heteroatoms. The summed E-state index contributed by atoms with van der Waals surface area (Å²) in [5, 5.41) is 24.2. The molecular formula is C22H42O6. The van der Waals surface area contributed by atoms with E-state index in [2.05, 4.69) is 13.8 Å². The largest absolute Gasteiger partial charge is 0.481 e. The summed E-state index contributed by atoms with van der Waals surface area (Å²) in [6.07, 6.45) is 12.4. The van der Waals surface area contributed by atoms with Gasteiger partial charge in [0.1, 0.15) is 0 Å². The third-order valence-corrected chi connectivity index (χ3v) is 5.18. The number of unbranched alkanes of at least 4 members (excludes halogenated alkanes) is 6. The zero-order valence-corrected chi connectivity index (χ0v) is 17.9. The number of aliphatic carboxylic acids is 1. The molecule has 28 heavy (non-hydrogen) atoms. The molecule has 0 saturated heterocycles. The van der Waals surface area contributed by atoms with E-state index < -0.39 is 5.97 Å². The Hall–Kier alpha value is -1.14. The molecule has 0 atom stereocenters. The van der Waals surface area contributed by atoms with Crippen molar-refractivity contribution in [3.8, 4) is 0 Å². The van der Waals surface area contributed by atoms with Crippen molar-refractivity contribution in [1.82, 2.24) is 0 Å². The maximum absolute atomic E-state index is 12.0. The second kappa shape index (κ2) is 17.9. The molecule has 0 aliphatic heterocycles. The van der Waals surface area contributed by atoms with Crippen LogP contribution in [0, 0.1) is 17.8 Å². The highest BCUT2D eigenvalue weighted by atomic mass is 16.5. The molecule has 1 aliphatic rings. The van der Waals surface area contributed by atoms with Gasteiger partial charge in [-0.25, -0.2) is 0 Å². The minimum absolute atomic E-state index is 0.0819. The average Bonchev–Trinajstić information content (AvgIpc) is 2.69. The van der Waals surface area contributed by atoms with E-state index in [-0.39, 0.29) is 31.0 Å². The summed E-state index contributed by atoms with van der Waals surface area (Å²) in [6, 6.07) is 0. The van der Waals surface area contributed by atoms with Crippen molar-refractivity contribution < 1.29 is 29.6 Å². The fourth-order valence-corrected chi connectivity index (χ4v) is 3.41. The summed E-state index contributed by atoms with van der Waals surface area (Å²) < 4.78 is 5.36. The van der Waals surface area contributed by atoms with Crippen molar-refractivity contribution >= 4 is 11.9 Å². The van der Waals surface area contributed by atoms with Crippen LogP contribution in [0.1, 0.15) is 90.9 Å². The number of aliphatic hydroxyl groups is 2. The minimum Gasteiger partial charge on any atom is -0.481 e. The molecule has 1 saturated carbocycles. The molecule has 1 rings (SSSR count). The number of carboxylic acid groups (broad SMARTS) is 1. The Balaban J connectivity index is 0.00000165. The van der Waals surface area contributed by atoms with Gasteiger partial charge < -0.3 is 20.1 Å². The van der Waals surface area contributed by atoms with Crippen LogP contribution in [-0.4, -0.2) is 47.1 Å². The highest BCUT2D eigenvalue weighted by Gasteiger charge is 2.30. The van der Waals surface area contributed by atoms with Crippen molar-refractivity contribution in [2.45, 2.75) is 90.9 Å². The zero-order chi connectivity index (χ0) is 21.2. The number of carbonyl (C=O) groups excluding carboxylic acids is 1. The van der Waals surface area contributed by atoms with Crippen molar-refractivity contribution in [2.24, 2.45) is 17.8 Å². The van der Waals surface area contributed by atoms with Crippen molar-refractivity contribution in [1.29, 1.82) is 0 Å². The van der Waals surface area contributed by atoms with Gasteiger partial charge >= 0.3 is 11.9 Å². The standard InChI is InChI=1S/C20H36O4.C2H6O2/c1-16(2)10-8-6-4-3-5-7-9-15-24-20(23)18-13-11-17(12-14-18)19(21)22;3-1-2-4/h16-18H,3-15H2,1-2H3,(H,21,22);3-4H,1-2H2. The molecule has 0 aromatic rings. The Kier molecular flexibility index (Phi) is 17.2. The van der Waals surface area contributed by atoms with Gasteiger partial charge in [0.2, 0.25) is 0 Å². The smallest absolute Gasteiger partial charge is 0.308 e. The fourth-order valence-electron chi connectivity index (χ4n) is 3.41. The monoisotopic (exact) mass is 402 g/mol. The first kappa shape index (κ1) is 26.9. The fraction of sp³-hybridized carbons (Fsp3) is 0.909. The van der Waals surface area contributed by atoms with Gasteiger partial charge in [-0.15, -0.1) is 0 Å². The topological polar surface area (TPSA) is 104 Å². The summed E-state index contributed by atoms with van der Waals surface area (Å²) >= 11 is 0. The normalized spacial score (nSPS) is 19.0. The number of ether oxygens (including phenoxy) is 1. The third kappa shape index (κ3) is 14.9. The number of aliphatic hydroxyl groups excluding tert-OH is 2. The predicted molar refractivity (Wildman–Crippen MR) is 110 cm³/mol. The van der Waals surface area contributed by atoms with Crippen molar-refractivity contribution in [3.05, 3.63) is 0 Å². The first-order valence-corrected chi connectivity index (χ1v) is 11.0. The first-order valence-electron chi connectivity index (χ1n) is 11.0. The Morgan fingerprint density at radius 1 is 0.821 bits per heavy atom. The van der Waals surface area contributed by atoms with E-state index in [1.54, 1.807) is 0 Å². The number of rotatable bonds is 13. The van der Waals surface area contributed by atoms with Crippen LogP contribution >= 0.6 is 0 Å². The highest BCUT2D eigenvalue weighted by Crippen LogP contribution is 2.29. The maximum atomic E-state index is 12.0. The van der Waals surface area contributed by atoms with Gasteiger partial charge in [-0.1, -0.05) is 58.8 Å². The van der Waals surface area contributed by atoms with Gasteiger partial charge in [0, 0.05) is 0 Å². The summed E-state index contributed by atoms with van der Waals surface area (Å²) in [4.78, 5) is 22.9. The molecule has 0 spiro atoms. The summed E-state index contributed by atoms with van der Waals surface area (Å²) in [7, 11) is 0. The molecule has 0 amide bonds. The van der Waals surface area contributed by atoms with E-state index in [0.29, 0.717) is 32.3 Å². The predicted octanol–water partition coefficient (Wildman–Crippen LogP) is 4.17. The summed E-state index contributed by atoms with van der Waals surface area (Å²) in [6.45, 7) is 4.82. The molecular weight excluding hydrogens is 360 g/mol. The molecule has 1 aliphatic carbocycles. The quantitative estimate of drug-likeness (QED) is 0.315. The second-order valence-corrected chi connectivity index (χ2v) is 8.16. The lowest BCUT2D eigenvalue weighted by molar-refractivity contribution is -0.152. The summed E-state index contributed by atoms with van der Waals surface area (Å²) in [5.74, 6) is -0.381. The van der Waals surface area contributed by atoms with Gasteiger partial charge in [-0.2, -0.15) is 0 Å². The molecule has 0 aromatic heterocycles. The van der Waals surface area contributed by atoms with Crippen LogP contribution < -0.4 is 0 Å². The average molecular weight is 403 g/mol. The van der Waals surface area contributed by atoms with E-state index in [0.717, 1.165) is 18.8 Å². The Bertz CT molecular complexity index is 386. The zero-order valence-electron chi connectivity index (χ0n) is 17.9. The second-order valence-electron chi connectivity index (χ2n) is 8.16. The number of esters is 1. The number of carboxylic acids is 1. The van der Waals surface area contributed by atoms with Crippen LogP contribution in [0.3, 0.4) is 0 Å². The molecule has 166 valence electrons. The maximum Gasteiger partial charge on any atom is 0.308 e. The number of carbonyl (C=O) groups is 2. The molecule has 0 aromatic carbocycles. The van der Waals surface area contributed by atoms with E-state index in [1.165, 1.54) is 38.5 Å². The minimum atomic E-state index is -0.731. The Labute approximate surface area is 170 Å².